The molecule has 0 amide bonds. The van der Waals surface area contributed by atoms with Gasteiger partial charge in [-0.05, 0) is 40.2 Å². The summed E-state index contributed by atoms with van der Waals surface area (Å²) in [5, 5.41) is 7.02. The van der Waals surface area contributed by atoms with Crippen LogP contribution in [0.5, 0.6) is 11.5 Å². The number of nitrogens with zero attached hydrogens (tertiary/aromatic N) is 4. The molecule has 0 saturated heterocycles. The highest BCUT2D eigenvalue weighted by molar-refractivity contribution is 9.10. The van der Waals surface area contributed by atoms with E-state index in [4.69, 9.17) is 9.47 Å². The van der Waals surface area contributed by atoms with Crippen molar-refractivity contribution >= 4 is 38.8 Å². The lowest BCUT2D eigenvalue weighted by Crippen LogP contribution is -2.08. The Kier molecular flexibility index (Phi) is 7.29. The maximum absolute atomic E-state index is 14.5. The summed E-state index contributed by atoms with van der Waals surface area (Å²) < 4.78 is 58.8. The number of esters is 1. The van der Waals surface area contributed by atoms with Gasteiger partial charge in [0.2, 0.25) is 0 Å². The number of alkyl halides is 2. The van der Waals surface area contributed by atoms with Crippen molar-refractivity contribution in [3.8, 4) is 17.2 Å². The molecule has 188 valence electrons. The lowest BCUT2D eigenvalue weighted by atomic mass is 10.2. The van der Waals surface area contributed by atoms with Gasteiger partial charge in [0.25, 0.3) is 6.43 Å². The van der Waals surface area contributed by atoms with Gasteiger partial charge in [0.1, 0.15) is 29.3 Å². The molecule has 9 nitrogen and oxygen atoms in total. The highest BCUT2D eigenvalue weighted by Gasteiger charge is 2.25. The van der Waals surface area contributed by atoms with E-state index in [-0.39, 0.29) is 33.6 Å². The number of halogens is 4. The number of aromatic nitrogens is 4. The third-order valence-corrected chi connectivity index (χ3v) is 5.88. The number of carbonyl (C=O) groups is 1. The third-order valence-electron chi connectivity index (χ3n) is 5.30. The van der Waals surface area contributed by atoms with Crippen molar-refractivity contribution < 1.29 is 32.2 Å². The monoisotopic (exact) mass is 565 g/mol. The summed E-state index contributed by atoms with van der Waals surface area (Å²) in [4.78, 5) is 20.3. The molecule has 2 aromatic carbocycles. The van der Waals surface area contributed by atoms with Gasteiger partial charge in [-0.25, -0.2) is 32.6 Å². The van der Waals surface area contributed by atoms with Crippen LogP contribution in [0.25, 0.3) is 16.7 Å². The Morgan fingerprint density at radius 3 is 2.58 bits per heavy atom. The highest BCUT2D eigenvalue weighted by atomic mass is 79.9. The molecule has 0 fully saturated rings. The van der Waals surface area contributed by atoms with Gasteiger partial charge in [-0.2, -0.15) is 5.10 Å². The van der Waals surface area contributed by atoms with E-state index >= 15 is 0 Å². The molecule has 0 radical (unpaired) electrons. The fourth-order valence-electron chi connectivity index (χ4n) is 3.58. The van der Waals surface area contributed by atoms with Gasteiger partial charge in [0.15, 0.2) is 11.5 Å². The molecule has 0 aliphatic carbocycles. The normalized spacial score (nSPS) is 11.1. The number of benzene rings is 2. The largest absolute Gasteiger partial charge is 0.497 e. The molecule has 0 unspecified atom stereocenters. The molecule has 4 aromatic rings. The van der Waals surface area contributed by atoms with Crippen molar-refractivity contribution in [3.63, 3.8) is 0 Å². The molecule has 0 saturated carbocycles. The van der Waals surface area contributed by atoms with E-state index in [9.17, 15) is 18.0 Å². The van der Waals surface area contributed by atoms with Gasteiger partial charge in [0.05, 0.1) is 42.4 Å². The SMILES string of the molecule is COC(=O)c1cc(-n2nc(C(F)F)c3c(NCc4ccc(OC)cc4OC)ncnc32)cc(Br)c1F. The number of nitrogens with one attached hydrogen (secondary N) is 1. The number of methoxy groups -OCH3 is 3. The van der Waals surface area contributed by atoms with Crippen molar-refractivity contribution in [3.05, 3.63) is 63.8 Å². The highest BCUT2D eigenvalue weighted by Crippen LogP contribution is 2.34. The summed E-state index contributed by atoms with van der Waals surface area (Å²) in [6, 6.07) is 7.64. The van der Waals surface area contributed by atoms with Crippen molar-refractivity contribution in [2.24, 2.45) is 0 Å². The minimum absolute atomic E-state index is 0.0267. The maximum Gasteiger partial charge on any atom is 0.340 e. The van der Waals surface area contributed by atoms with Crippen LogP contribution in [0.1, 0.15) is 28.0 Å². The summed E-state index contributed by atoms with van der Waals surface area (Å²) in [6.45, 7) is 0.182. The van der Waals surface area contributed by atoms with Crippen LogP contribution in [-0.4, -0.2) is 47.0 Å². The number of hydrogen-bond acceptors (Lipinski definition) is 8. The van der Waals surface area contributed by atoms with Crippen LogP contribution in [0, 0.1) is 5.82 Å². The fourth-order valence-corrected chi connectivity index (χ4v) is 4.03. The van der Waals surface area contributed by atoms with Crippen LogP contribution in [0.2, 0.25) is 0 Å². The van der Waals surface area contributed by atoms with Crippen LogP contribution < -0.4 is 14.8 Å². The molecule has 36 heavy (non-hydrogen) atoms. The standard InChI is InChI=1S/C23H19BrF3N5O4/c1-34-13-5-4-11(16(8-13)35-2)9-28-21-17-19(20(26)27)31-32(22(17)30-10-29-21)12-6-14(23(33)36-3)18(25)15(24)7-12/h4-8,10,20H,9H2,1-3H3,(H,28,29,30). The van der Waals surface area contributed by atoms with Crippen molar-refractivity contribution in [1.82, 2.24) is 19.7 Å². The molecule has 0 atom stereocenters. The minimum atomic E-state index is -2.97. The average molecular weight is 566 g/mol. The number of anilines is 1. The Balaban J connectivity index is 1.81. The van der Waals surface area contributed by atoms with Crippen molar-refractivity contribution in [1.29, 1.82) is 0 Å². The average Bonchev–Trinajstić information content (AvgIpc) is 3.29. The Labute approximate surface area is 211 Å². The second kappa shape index (κ2) is 10.4. The fraction of sp³-hybridized carbons (Fsp3) is 0.217. The first kappa shape index (κ1) is 25.2. The van der Waals surface area contributed by atoms with E-state index in [1.165, 1.54) is 26.6 Å². The molecule has 2 aromatic heterocycles. The first-order chi connectivity index (χ1) is 17.3. The number of rotatable bonds is 8. The Bertz CT molecular complexity index is 1450. The number of ether oxygens (including phenoxy) is 3. The first-order valence-electron chi connectivity index (χ1n) is 10.3. The van der Waals surface area contributed by atoms with Crippen LogP contribution in [0.15, 0.2) is 41.1 Å². The Morgan fingerprint density at radius 1 is 1.14 bits per heavy atom. The molecule has 4 rings (SSSR count). The maximum atomic E-state index is 14.5. The van der Waals surface area contributed by atoms with E-state index in [2.05, 4.69) is 41.1 Å². The second-order valence-electron chi connectivity index (χ2n) is 7.33. The van der Waals surface area contributed by atoms with E-state index in [1.54, 1.807) is 18.2 Å². The van der Waals surface area contributed by atoms with Gasteiger partial charge in [-0.1, -0.05) is 0 Å². The summed E-state index contributed by atoms with van der Waals surface area (Å²) >= 11 is 3.04. The van der Waals surface area contributed by atoms with Gasteiger partial charge < -0.3 is 19.5 Å². The van der Waals surface area contributed by atoms with Gasteiger partial charge in [0, 0.05) is 18.2 Å². The number of hydrogen-bond donors (Lipinski definition) is 1. The predicted molar refractivity (Wildman–Crippen MR) is 127 cm³/mol. The molecular formula is C23H19BrF3N5O4. The molecule has 0 spiro atoms. The zero-order valence-electron chi connectivity index (χ0n) is 19.2. The lowest BCUT2D eigenvalue weighted by Gasteiger charge is -2.12. The Hall–Kier alpha value is -3.87. The van der Waals surface area contributed by atoms with Crippen molar-refractivity contribution in [2.75, 3.05) is 26.6 Å². The first-order valence-corrected chi connectivity index (χ1v) is 11.1. The minimum Gasteiger partial charge on any atom is -0.497 e. The molecule has 13 heteroatoms. The van der Waals surface area contributed by atoms with E-state index in [0.717, 1.165) is 23.4 Å². The predicted octanol–water partition coefficient (Wildman–Crippen LogP) is 5.07. The molecule has 0 aliphatic heterocycles. The third kappa shape index (κ3) is 4.65. The summed E-state index contributed by atoms with van der Waals surface area (Å²) in [7, 11) is 4.13. The van der Waals surface area contributed by atoms with Crippen LogP contribution in [0.4, 0.5) is 19.0 Å². The van der Waals surface area contributed by atoms with Gasteiger partial charge in [-0.15, -0.1) is 0 Å². The zero-order chi connectivity index (χ0) is 26.0. The Morgan fingerprint density at radius 2 is 1.92 bits per heavy atom. The van der Waals surface area contributed by atoms with E-state index < -0.39 is 29.5 Å². The lowest BCUT2D eigenvalue weighted by molar-refractivity contribution is 0.0595. The molecular weight excluding hydrogens is 547 g/mol. The molecule has 0 aliphatic rings. The molecule has 1 N–H and O–H groups in total. The molecule has 2 heterocycles. The van der Waals surface area contributed by atoms with Crippen LogP contribution in [0.3, 0.4) is 0 Å². The smallest absolute Gasteiger partial charge is 0.340 e. The van der Waals surface area contributed by atoms with E-state index in [1.807, 2.05) is 0 Å². The summed E-state index contributed by atoms with van der Waals surface area (Å²) in [6.07, 6.45) is -1.79. The topological polar surface area (TPSA) is 100 Å². The summed E-state index contributed by atoms with van der Waals surface area (Å²) in [5.41, 5.74) is -0.125. The van der Waals surface area contributed by atoms with Crippen LogP contribution in [-0.2, 0) is 11.3 Å². The van der Waals surface area contributed by atoms with Crippen LogP contribution >= 0.6 is 15.9 Å². The zero-order valence-corrected chi connectivity index (χ0v) is 20.8. The number of fused-ring (bicyclic) bond motifs is 1. The van der Waals surface area contributed by atoms with E-state index in [0.29, 0.717) is 11.5 Å². The van der Waals surface area contributed by atoms with Crippen molar-refractivity contribution in [2.45, 2.75) is 13.0 Å². The second-order valence-corrected chi connectivity index (χ2v) is 8.19. The summed E-state index contributed by atoms with van der Waals surface area (Å²) in [5.74, 6) is -0.567. The van der Waals surface area contributed by atoms with Gasteiger partial charge in [-0.3, -0.25) is 0 Å². The van der Waals surface area contributed by atoms with Gasteiger partial charge >= 0.3 is 5.97 Å². The quantitative estimate of drug-likeness (QED) is 0.295. The molecule has 0 bridgehead atoms. The number of carbonyl (C=O) groups excluding carboxylic acids is 1.